The molecule has 0 unspecified atom stereocenters. The van der Waals surface area contributed by atoms with E-state index in [1.54, 1.807) is 0 Å². The molecule has 0 aromatic heterocycles. The predicted molar refractivity (Wildman–Crippen MR) is 110 cm³/mol. The first-order valence-electron chi connectivity index (χ1n) is 9.75. The van der Waals surface area contributed by atoms with Crippen molar-refractivity contribution in [3.63, 3.8) is 0 Å². The summed E-state index contributed by atoms with van der Waals surface area (Å²) in [6, 6.07) is 12.7. The Morgan fingerprint density at radius 2 is 1.66 bits per heavy atom. The van der Waals surface area contributed by atoms with Crippen LogP contribution in [0.4, 0.5) is 10.1 Å². The Balaban J connectivity index is 1.51. The standard InChI is InChI=1S/C21H26FN3O3S/c1-16(2)17-3-7-19(8-4-17)23-21(26)15-24-11-13-25(14-12-24)29(27,28)20-9-5-18(22)6-10-20/h3-10,16H,11-15H2,1-2H3,(H,23,26)/p+1. The SMILES string of the molecule is CC(C)c1ccc(NC(=O)C[NH+]2CCN(S(=O)(=O)c3ccc(F)cc3)CC2)cc1. The Kier molecular flexibility index (Phi) is 6.66. The van der Waals surface area contributed by atoms with Crippen LogP contribution < -0.4 is 10.2 Å². The highest BCUT2D eigenvalue weighted by atomic mass is 32.2. The van der Waals surface area contributed by atoms with Gasteiger partial charge in [-0.25, -0.2) is 12.8 Å². The molecule has 29 heavy (non-hydrogen) atoms. The third kappa shape index (κ3) is 5.41. The number of benzene rings is 2. The van der Waals surface area contributed by atoms with Crippen LogP contribution in [0.2, 0.25) is 0 Å². The molecule has 2 aromatic rings. The first-order chi connectivity index (χ1) is 13.8. The van der Waals surface area contributed by atoms with E-state index in [-0.39, 0.29) is 17.3 Å². The van der Waals surface area contributed by atoms with Gasteiger partial charge in [-0.15, -0.1) is 0 Å². The number of carbonyl (C=O) groups is 1. The van der Waals surface area contributed by atoms with Crippen LogP contribution >= 0.6 is 0 Å². The zero-order chi connectivity index (χ0) is 21.0. The van der Waals surface area contributed by atoms with Gasteiger partial charge in [0, 0.05) is 5.69 Å². The minimum atomic E-state index is -3.64. The van der Waals surface area contributed by atoms with Gasteiger partial charge in [0.2, 0.25) is 10.0 Å². The molecule has 1 fully saturated rings. The van der Waals surface area contributed by atoms with Crippen LogP contribution in [-0.4, -0.2) is 51.4 Å². The maximum absolute atomic E-state index is 13.1. The molecule has 2 N–H and O–H groups in total. The van der Waals surface area contributed by atoms with Crippen LogP contribution in [-0.2, 0) is 14.8 Å². The van der Waals surface area contributed by atoms with Gasteiger partial charge in [-0.05, 0) is 47.9 Å². The zero-order valence-electron chi connectivity index (χ0n) is 16.7. The average molecular weight is 421 g/mol. The molecule has 156 valence electrons. The van der Waals surface area contributed by atoms with Crippen molar-refractivity contribution < 1.29 is 22.5 Å². The number of halogens is 1. The van der Waals surface area contributed by atoms with Crippen molar-refractivity contribution in [1.82, 2.24) is 4.31 Å². The normalized spacial score (nSPS) is 16.1. The summed E-state index contributed by atoms with van der Waals surface area (Å²) in [6.45, 7) is 6.26. The monoisotopic (exact) mass is 420 g/mol. The van der Waals surface area contributed by atoms with Crippen molar-refractivity contribution in [2.75, 3.05) is 38.0 Å². The van der Waals surface area contributed by atoms with Crippen LogP contribution in [0.5, 0.6) is 0 Å². The number of hydrogen-bond donors (Lipinski definition) is 2. The Morgan fingerprint density at radius 3 is 2.21 bits per heavy atom. The minimum absolute atomic E-state index is 0.0879. The molecule has 1 heterocycles. The van der Waals surface area contributed by atoms with Gasteiger partial charge >= 0.3 is 0 Å². The van der Waals surface area contributed by atoms with E-state index >= 15 is 0 Å². The van der Waals surface area contributed by atoms with E-state index in [0.717, 1.165) is 22.7 Å². The van der Waals surface area contributed by atoms with E-state index in [2.05, 4.69) is 19.2 Å². The zero-order valence-corrected chi connectivity index (χ0v) is 17.5. The lowest BCUT2D eigenvalue weighted by Gasteiger charge is -2.31. The number of rotatable bonds is 6. The van der Waals surface area contributed by atoms with Crippen LogP contribution in [0.15, 0.2) is 53.4 Å². The quantitative estimate of drug-likeness (QED) is 0.744. The number of anilines is 1. The van der Waals surface area contributed by atoms with Gasteiger partial charge in [0.05, 0.1) is 31.1 Å². The molecule has 1 aliphatic heterocycles. The third-order valence-corrected chi connectivity index (χ3v) is 7.07. The maximum Gasteiger partial charge on any atom is 0.279 e. The number of amides is 1. The summed E-state index contributed by atoms with van der Waals surface area (Å²) in [5.74, 6) is -0.123. The topological polar surface area (TPSA) is 70.9 Å². The van der Waals surface area contributed by atoms with Gasteiger partial charge in [0.1, 0.15) is 5.82 Å². The van der Waals surface area contributed by atoms with Crippen LogP contribution in [0.3, 0.4) is 0 Å². The molecular weight excluding hydrogens is 393 g/mol. The number of nitrogens with one attached hydrogen (secondary N) is 2. The van der Waals surface area contributed by atoms with E-state index in [1.165, 1.54) is 22.0 Å². The fourth-order valence-electron chi connectivity index (χ4n) is 3.36. The maximum atomic E-state index is 13.1. The summed E-state index contributed by atoms with van der Waals surface area (Å²) in [5, 5.41) is 2.90. The fraction of sp³-hybridized carbons (Fsp3) is 0.381. The molecule has 0 saturated carbocycles. The Hall–Kier alpha value is -2.29. The second kappa shape index (κ2) is 9.02. The van der Waals surface area contributed by atoms with E-state index < -0.39 is 15.8 Å². The van der Waals surface area contributed by atoms with Gasteiger partial charge in [-0.3, -0.25) is 4.79 Å². The number of sulfonamides is 1. The second-order valence-corrected chi connectivity index (χ2v) is 9.55. The van der Waals surface area contributed by atoms with Crippen LogP contribution in [0.1, 0.15) is 25.3 Å². The molecule has 0 spiro atoms. The molecule has 0 bridgehead atoms. The Bertz CT molecular complexity index is 936. The summed E-state index contributed by atoms with van der Waals surface area (Å²) < 4.78 is 39.8. The lowest BCUT2D eigenvalue weighted by Crippen LogP contribution is -3.15. The van der Waals surface area contributed by atoms with E-state index in [4.69, 9.17) is 0 Å². The molecule has 1 amide bonds. The molecule has 0 radical (unpaired) electrons. The Labute approximate surface area is 171 Å². The lowest BCUT2D eigenvalue weighted by atomic mass is 10.0. The number of carbonyl (C=O) groups excluding carboxylic acids is 1. The highest BCUT2D eigenvalue weighted by Crippen LogP contribution is 2.17. The first-order valence-corrected chi connectivity index (χ1v) is 11.2. The van der Waals surface area contributed by atoms with Crippen molar-refractivity contribution in [3.05, 3.63) is 59.9 Å². The highest BCUT2D eigenvalue weighted by molar-refractivity contribution is 7.89. The van der Waals surface area contributed by atoms with E-state index in [1.807, 2.05) is 24.3 Å². The Morgan fingerprint density at radius 1 is 1.07 bits per heavy atom. The summed E-state index contributed by atoms with van der Waals surface area (Å²) in [6.07, 6.45) is 0. The van der Waals surface area contributed by atoms with Gasteiger partial charge < -0.3 is 10.2 Å². The molecule has 1 saturated heterocycles. The third-order valence-electron chi connectivity index (χ3n) is 5.15. The van der Waals surface area contributed by atoms with E-state index in [9.17, 15) is 17.6 Å². The van der Waals surface area contributed by atoms with Crippen LogP contribution in [0, 0.1) is 5.82 Å². The van der Waals surface area contributed by atoms with Gasteiger partial charge in [-0.2, -0.15) is 4.31 Å². The lowest BCUT2D eigenvalue weighted by molar-refractivity contribution is -0.895. The van der Waals surface area contributed by atoms with Crippen molar-refractivity contribution in [2.24, 2.45) is 0 Å². The summed E-state index contributed by atoms with van der Waals surface area (Å²) in [4.78, 5) is 13.5. The molecule has 8 heteroatoms. The number of piperazine rings is 1. The van der Waals surface area contributed by atoms with Crippen molar-refractivity contribution >= 4 is 21.6 Å². The molecule has 0 aliphatic carbocycles. The smallest absolute Gasteiger partial charge is 0.279 e. The second-order valence-electron chi connectivity index (χ2n) is 7.61. The molecule has 1 aliphatic rings. The van der Waals surface area contributed by atoms with Gasteiger partial charge in [0.25, 0.3) is 5.91 Å². The van der Waals surface area contributed by atoms with Crippen molar-refractivity contribution in [3.8, 4) is 0 Å². The molecule has 2 aromatic carbocycles. The largest absolute Gasteiger partial charge is 0.325 e. The average Bonchev–Trinajstić information content (AvgIpc) is 2.69. The summed E-state index contributed by atoms with van der Waals surface area (Å²) in [5.41, 5.74) is 1.98. The van der Waals surface area contributed by atoms with Crippen molar-refractivity contribution in [2.45, 2.75) is 24.7 Å². The number of hydrogen-bond acceptors (Lipinski definition) is 3. The highest BCUT2D eigenvalue weighted by Gasteiger charge is 2.31. The molecule has 6 nitrogen and oxygen atoms in total. The fourth-order valence-corrected chi connectivity index (χ4v) is 4.80. The first kappa shape index (κ1) is 21.4. The molecule has 3 rings (SSSR count). The van der Waals surface area contributed by atoms with Crippen LogP contribution in [0.25, 0.3) is 0 Å². The summed E-state index contributed by atoms with van der Waals surface area (Å²) in [7, 11) is -3.64. The van der Waals surface area contributed by atoms with Gasteiger partial charge in [0.15, 0.2) is 6.54 Å². The minimum Gasteiger partial charge on any atom is -0.325 e. The van der Waals surface area contributed by atoms with Gasteiger partial charge in [-0.1, -0.05) is 26.0 Å². The summed E-state index contributed by atoms with van der Waals surface area (Å²) >= 11 is 0. The number of quaternary nitrogens is 1. The van der Waals surface area contributed by atoms with E-state index in [0.29, 0.717) is 32.1 Å². The molecule has 0 atom stereocenters. The predicted octanol–water partition coefficient (Wildman–Crippen LogP) is 1.48. The molecular formula is C21H27FN3O3S+. The number of nitrogens with zero attached hydrogens (tertiary/aromatic N) is 1. The van der Waals surface area contributed by atoms with Crippen molar-refractivity contribution in [1.29, 1.82) is 0 Å².